The molecule has 1 fully saturated rings. The molecule has 1 aliphatic rings. The molecule has 0 radical (unpaired) electrons. The maximum absolute atomic E-state index is 8.78. The molecule has 0 saturated heterocycles. The van der Waals surface area contributed by atoms with E-state index in [0.717, 1.165) is 23.6 Å². The van der Waals surface area contributed by atoms with Gasteiger partial charge in [-0.2, -0.15) is 0 Å². The smallest absolute Gasteiger partial charge is 0.124 e. The predicted octanol–water partition coefficient (Wildman–Crippen LogP) is 1.32. The standard InChI is InChI=1S/C13H19NO3/c1-16-12-4-5-13(17-7-6-15)10(8-12)9-14-11-2-3-11/h4-5,8,11,14-15H,2-3,6-7,9H2,1H3. The normalized spacial score (nSPS) is 14.7. The number of hydrogen-bond donors (Lipinski definition) is 2. The SMILES string of the molecule is COc1ccc(OCCO)c(CNC2CC2)c1. The van der Waals surface area contributed by atoms with Gasteiger partial charge in [-0.05, 0) is 31.0 Å². The molecule has 2 rings (SSSR count). The van der Waals surface area contributed by atoms with Gasteiger partial charge < -0.3 is 19.9 Å². The van der Waals surface area contributed by atoms with Crippen LogP contribution >= 0.6 is 0 Å². The number of benzene rings is 1. The maximum Gasteiger partial charge on any atom is 0.124 e. The number of methoxy groups -OCH3 is 1. The summed E-state index contributed by atoms with van der Waals surface area (Å²) in [6.07, 6.45) is 2.52. The Hall–Kier alpha value is -1.26. The van der Waals surface area contributed by atoms with E-state index in [9.17, 15) is 0 Å². The minimum absolute atomic E-state index is 0.0293. The van der Waals surface area contributed by atoms with Crippen molar-refractivity contribution < 1.29 is 14.6 Å². The third-order valence-corrected chi connectivity index (χ3v) is 2.78. The van der Waals surface area contributed by atoms with Crippen LogP contribution in [0.3, 0.4) is 0 Å². The Bertz CT molecular complexity index is 364. The lowest BCUT2D eigenvalue weighted by Crippen LogP contribution is -2.16. The fourth-order valence-electron chi connectivity index (χ4n) is 1.66. The van der Waals surface area contributed by atoms with Gasteiger partial charge in [0.1, 0.15) is 18.1 Å². The Kier molecular flexibility index (Phi) is 4.23. The van der Waals surface area contributed by atoms with Gasteiger partial charge in [-0.15, -0.1) is 0 Å². The van der Waals surface area contributed by atoms with Crippen molar-refractivity contribution >= 4 is 0 Å². The summed E-state index contributed by atoms with van der Waals surface area (Å²) in [6.45, 7) is 1.13. The van der Waals surface area contributed by atoms with Crippen LogP contribution in [0.1, 0.15) is 18.4 Å². The van der Waals surface area contributed by atoms with E-state index in [1.165, 1.54) is 12.8 Å². The van der Waals surface area contributed by atoms with Crippen LogP contribution in [0.15, 0.2) is 18.2 Å². The molecule has 17 heavy (non-hydrogen) atoms. The van der Waals surface area contributed by atoms with Gasteiger partial charge in [0.2, 0.25) is 0 Å². The van der Waals surface area contributed by atoms with E-state index >= 15 is 0 Å². The lowest BCUT2D eigenvalue weighted by molar-refractivity contribution is 0.200. The van der Waals surface area contributed by atoms with Gasteiger partial charge in [-0.3, -0.25) is 0 Å². The third-order valence-electron chi connectivity index (χ3n) is 2.78. The van der Waals surface area contributed by atoms with E-state index in [2.05, 4.69) is 5.32 Å². The molecule has 1 aromatic carbocycles. The molecule has 0 aliphatic heterocycles. The average Bonchev–Trinajstić information content (AvgIpc) is 3.18. The van der Waals surface area contributed by atoms with Crippen LogP contribution in [0.2, 0.25) is 0 Å². The van der Waals surface area contributed by atoms with Crippen molar-refractivity contribution in [2.45, 2.75) is 25.4 Å². The van der Waals surface area contributed by atoms with Gasteiger partial charge in [0, 0.05) is 18.2 Å². The number of hydrogen-bond acceptors (Lipinski definition) is 4. The molecule has 0 amide bonds. The average molecular weight is 237 g/mol. The van der Waals surface area contributed by atoms with Crippen molar-refractivity contribution in [1.29, 1.82) is 0 Å². The zero-order valence-corrected chi connectivity index (χ0v) is 10.1. The summed E-state index contributed by atoms with van der Waals surface area (Å²) in [5.41, 5.74) is 1.07. The summed E-state index contributed by atoms with van der Waals surface area (Å²) in [4.78, 5) is 0. The molecule has 94 valence electrons. The number of aliphatic hydroxyl groups is 1. The molecule has 4 heteroatoms. The summed E-state index contributed by atoms with van der Waals surface area (Å²) in [7, 11) is 1.65. The fourth-order valence-corrected chi connectivity index (χ4v) is 1.66. The highest BCUT2D eigenvalue weighted by atomic mass is 16.5. The predicted molar refractivity (Wildman–Crippen MR) is 65.4 cm³/mol. The first-order chi connectivity index (χ1) is 8.33. The molecule has 1 aromatic rings. The summed E-state index contributed by atoms with van der Waals surface area (Å²) in [6, 6.07) is 6.39. The van der Waals surface area contributed by atoms with E-state index < -0.39 is 0 Å². The van der Waals surface area contributed by atoms with Crippen molar-refractivity contribution in [2.24, 2.45) is 0 Å². The van der Waals surface area contributed by atoms with Crippen LogP contribution in [0.5, 0.6) is 11.5 Å². The highest BCUT2D eigenvalue weighted by Gasteiger charge is 2.20. The molecule has 0 unspecified atom stereocenters. The summed E-state index contributed by atoms with van der Waals surface area (Å²) in [5.74, 6) is 1.64. The molecule has 0 atom stereocenters. The molecule has 0 bridgehead atoms. The topological polar surface area (TPSA) is 50.7 Å². The van der Waals surface area contributed by atoms with Crippen LogP contribution in [-0.4, -0.2) is 31.5 Å². The van der Waals surface area contributed by atoms with Crippen molar-refractivity contribution in [3.8, 4) is 11.5 Å². The third kappa shape index (κ3) is 3.61. The first-order valence-corrected chi connectivity index (χ1v) is 5.97. The second-order valence-corrected chi connectivity index (χ2v) is 4.20. The number of rotatable bonds is 7. The van der Waals surface area contributed by atoms with E-state index in [-0.39, 0.29) is 6.61 Å². The van der Waals surface area contributed by atoms with Crippen LogP contribution in [0.4, 0.5) is 0 Å². The first kappa shape index (κ1) is 12.2. The molecule has 1 aliphatic carbocycles. The fraction of sp³-hybridized carbons (Fsp3) is 0.538. The Morgan fingerprint density at radius 2 is 2.24 bits per heavy atom. The number of nitrogens with one attached hydrogen (secondary N) is 1. The largest absolute Gasteiger partial charge is 0.497 e. The van der Waals surface area contributed by atoms with Crippen molar-refractivity contribution in [1.82, 2.24) is 5.32 Å². The Morgan fingerprint density at radius 3 is 2.88 bits per heavy atom. The molecule has 0 heterocycles. The second kappa shape index (κ2) is 5.89. The molecule has 0 spiro atoms. The molecular formula is C13H19NO3. The molecule has 1 saturated carbocycles. The van der Waals surface area contributed by atoms with Crippen LogP contribution in [0.25, 0.3) is 0 Å². The Morgan fingerprint density at radius 1 is 1.41 bits per heavy atom. The lowest BCUT2D eigenvalue weighted by atomic mass is 10.2. The van der Waals surface area contributed by atoms with Crippen LogP contribution < -0.4 is 14.8 Å². The number of aliphatic hydroxyl groups excluding tert-OH is 1. The van der Waals surface area contributed by atoms with E-state index in [1.807, 2.05) is 18.2 Å². The van der Waals surface area contributed by atoms with Gasteiger partial charge in [-0.1, -0.05) is 0 Å². The number of ether oxygens (including phenoxy) is 2. The highest BCUT2D eigenvalue weighted by Crippen LogP contribution is 2.26. The van der Waals surface area contributed by atoms with Gasteiger partial charge >= 0.3 is 0 Å². The molecule has 0 aromatic heterocycles. The summed E-state index contributed by atoms with van der Waals surface area (Å²) in [5, 5.41) is 12.2. The first-order valence-electron chi connectivity index (χ1n) is 5.97. The lowest BCUT2D eigenvalue weighted by Gasteiger charge is -2.12. The Balaban J connectivity index is 2.04. The maximum atomic E-state index is 8.78. The summed E-state index contributed by atoms with van der Waals surface area (Å²) < 4.78 is 10.7. The van der Waals surface area contributed by atoms with E-state index in [0.29, 0.717) is 12.6 Å². The highest BCUT2D eigenvalue weighted by molar-refractivity contribution is 5.40. The quantitative estimate of drug-likeness (QED) is 0.751. The zero-order valence-electron chi connectivity index (χ0n) is 10.1. The monoisotopic (exact) mass is 237 g/mol. The second-order valence-electron chi connectivity index (χ2n) is 4.20. The zero-order chi connectivity index (χ0) is 12.1. The van der Waals surface area contributed by atoms with Crippen molar-refractivity contribution in [3.05, 3.63) is 23.8 Å². The van der Waals surface area contributed by atoms with E-state index in [1.54, 1.807) is 7.11 Å². The molecule has 2 N–H and O–H groups in total. The van der Waals surface area contributed by atoms with Crippen molar-refractivity contribution in [2.75, 3.05) is 20.3 Å². The Labute approximate surface area is 102 Å². The minimum atomic E-state index is 0.0293. The van der Waals surface area contributed by atoms with Crippen molar-refractivity contribution in [3.63, 3.8) is 0 Å². The van der Waals surface area contributed by atoms with Gasteiger partial charge in [0.25, 0.3) is 0 Å². The van der Waals surface area contributed by atoms with Crippen LogP contribution in [0, 0.1) is 0 Å². The molecule has 4 nitrogen and oxygen atoms in total. The van der Waals surface area contributed by atoms with Crippen LogP contribution in [-0.2, 0) is 6.54 Å². The summed E-state index contributed by atoms with van der Waals surface area (Å²) >= 11 is 0. The van der Waals surface area contributed by atoms with E-state index in [4.69, 9.17) is 14.6 Å². The van der Waals surface area contributed by atoms with Gasteiger partial charge in [-0.25, -0.2) is 0 Å². The molecular weight excluding hydrogens is 218 g/mol. The minimum Gasteiger partial charge on any atom is -0.497 e. The van der Waals surface area contributed by atoms with Gasteiger partial charge in [0.05, 0.1) is 13.7 Å². The van der Waals surface area contributed by atoms with Gasteiger partial charge in [0.15, 0.2) is 0 Å².